The van der Waals surface area contributed by atoms with Crippen LogP contribution < -0.4 is 14.4 Å². The Morgan fingerprint density at radius 3 is 2.91 bits per heavy atom. The molecule has 1 heterocycles. The molecule has 1 unspecified atom stereocenters. The highest BCUT2D eigenvalue weighted by molar-refractivity contribution is 6.05. The first-order chi connectivity index (χ1) is 11.2. The van der Waals surface area contributed by atoms with Gasteiger partial charge in [0.15, 0.2) is 0 Å². The summed E-state index contributed by atoms with van der Waals surface area (Å²) in [5.41, 5.74) is 1.73. The smallest absolute Gasteiger partial charge is 0.251 e. The number of para-hydroxylation sites is 2. The van der Waals surface area contributed by atoms with Gasteiger partial charge in [0.05, 0.1) is 19.3 Å². The average molecular weight is 309 g/mol. The number of ether oxygens (including phenoxy) is 2. The molecule has 1 aliphatic heterocycles. The Bertz CT molecular complexity index is 739. The van der Waals surface area contributed by atoms with E-state index in [9.17, 15) is 4.79 Å². The number of benzene rings is 2. The fraction of sp³-hybridized carbons (Fsp3) is 0.211. The third-order valence-corrected chi connectivity index (χ3v) is 3.70. The fourth-order valence-electron chi connectivity index (χ4n) is 2.60. The molecular weight excluding hydrogens is 290 g/mol. The lowest BCUT2D eigenvalue weighted by Crippen LogP contribution is -2.41. The average Bonchev–Trinajstić information content (AvgIpc) is 2.59. The molecular formula is C19H19NO3. The Labute approximate surface area is 135 Å². The van der Waals surface area contributed by atoms with Crippen molar-refractivity contribution >= 4 is 17.7 Å². The minimum absolute atomic E-state index is 0.0286. The summed E-state index contributed by atoms with van der Waals surface area (Å²) in [6, 6.07) is 15.2. The Morgan fingerprint density at radius 1 is 1.26 bits per heavy atom. The van der Waals surface area contributed by atoms with Gasteiger partial charge in [0.1, 0.15) is 17.6 Å². The molecule has 3 rings (SSSR count). The topological polar surface area (TPSA) is 38.8 Å². The van der Waals surface area contributed by atoms with Crippen LogP contribution in [0, 0.1) is 0 Å². The van der Waals surface area contributed by atoms with Gasteiger partial charge in [-0.1, -0.05) is 24.3 Å². The van der Waals surface area contributed by atoms with Gasteiger partial charge < -0.3 is 14.4 Å². The van der Waals surface area contributed by atoms with E-state index in [1.165, 1.54) is 0 Å². The Hall–Kier alpha value is -2.75. The monoisotopic (exact) mass is 309 g/mol. The summed E-state index contributed by atoms with van der Waals surface area (Å²) < 4.78 is 11.0. The van der Waals surface area contributed by atoms with Gasteiger partial charge >= 0.3 is 0 Å². The van der Waals surface area contributed by atoms with Gasteiger partial charge in [-0.15, -0.1) is 0 Å². The number of carbonyl (C=O) groups excluding carboxylic acids is 1. The van der Waals surface area contributed by atoms with Crippen LogP contribution in [-0.4, -0.2) is 25.7 Å². The zero-order valence-electron chi connectivity index (χ0n) is 13.2. The second-order valence-corrected chi connectivity index (χ2v) is 5.45. The maximum absolute atomic E-state index is 12.6. The van der Waals surface area contributed by atoms with Crippen molar-refractivity contribution in [2.75, 3.05) is 18.6 Å². The number of anilines is 1. The van der Waals surface area contributed by atoms with Gasteiger partial charge in [-0.3, -0.25) is 4.79 Å². The third-order valence-electron chi connectivity index (χ3n) is 3.70. The lowest BCUT2D eigenvalue weighted by Gasteiger charge is -2.32. The molecule has 1 amide bonds. The van der Waals surface area contributed by atoms with Gasteiger partial charge in [-0.2, -0.15) is 0 Å². The van der Waals surface area contributed by atoms with Crippen LogP contribution in [-0.2, 0) is 4.79 Å². The number of methoxy groups -OCH3 is 1. The van der Waals surface area contributed by atoms with E-state index < -0.39 is 0 Å². The zero-order valence-corrected chi connectivity index (χ0v) is 13.2. The van der Waals surface area contributed by atoms with Gasteiger partial charge in [0.25, 0.3) is 5.91 Å². The first-order valence-electron chi connectivity index (χ1n) is 7.56. The quantitative estimate of drug-likeness (QED) is 0.814. The predicted molar refractivity (Wildman–Crippen MR) is 90.9 cm³/mol. The van der Waals surface area contributed by atoms with Gasteiger partial charge in [-0.25, -0.2) is 0 Å². The summed E-state index contributed by atoms with van der Waals surface area (Å²) >= 11 is 0. The number of amides is 1. The molecule has 118 valence electrons. The van der Waals surface area contributed by atoms with Crippen LogP contribution in [0.5, 0.6) is 11.5 Å². The molecule has 0 aliphatic carbocycles. The molecule has 0 bridgehead atoms. The molecule has 1 atom stereocenters. The van der Waals surface area contributed by atoms with Gasteiger partial charge in [-0.05, 0) is 42.8 Å². The molecule has 1 aliphatic rings. The predicted octanol–water partition coefficient (Wildman–Crippen LogP) is 3.52. The Morgan fingerprint density at radius 2 is 2.09 bits per heavy atom. The summed E-state index contributed by atoms with van der Waals surface area (Å²) in [4.78, 5) is 14.3. The number of rotatable bonds is 3. The van der Waals surface area contributed by atoms with E-state index in [2.05, 4.69) is 0 Å². The second-order valence-electron chi connectivity index (χ2n) is 5.45. The number of fused-ring (bicyclic) bond motifs is 1. The van der Waals surface area contributed by atoms with Crippen LogP contribution in [0.4, 0.5) is 5.69 Å². The lowest BCUT2D eigenvalue weighted by atomic mass is 10.1. The highest BCUT2D eigenvalue weighted by Gasteiger charge is 2.25. The molecule has 0 aromatic heterocycles. The second kappa shape index (κ2) is 6.57. The molecule has 4 heteroatoms. The van der Waals surface area contributed by atoms with Crippen LogP contribution in [0.3, 0.4) is 0 Å². The van der Waals surface area contributed by atoms with Crippen molar-refractivity contribution in [2.45, 2.75) is 13.0 Å². The lowest BCUT2D eigenvalue weighted by molar-refractivity contribution is -0.114. The van der Waals surface area contributed by atoms with Crippen molar-refractivity contribution in [3.8, 4) is 11.5 Å². The molecule has 2 aromatic carbocycles. The fourth-order valence-corrected chi connectivity index (χ4v) is 2.60. The molecule has 4 nitrogen and oxygen atoms in total. The van der Waals surface area contributed by atoms with Crippen molar-refractivity contribution in [3.63, 3.8) is 0 Å². The number of carbonyl (C=O) groups is 1. The Kier molecular flexibility index (Phi) is 4.33. The van der Waals surface area contributed by atoms with Crippen LogP contribution in [0.15, 0.2) is 54.6 Å². The normalized spacial score (nSPS) is 16.8. The van der Waals surface area contributed by atoms with E-state index in [4.69, 9.17) is 9.47 Å². The third kappa shape index (κ3) is 3.37. The van der Waals surface area contributed by atoms with Crippen molar-refractivity contribution < 1.29 is 14.3 Å². The van der Waals surface area contributed by atoms with E-state index in [1.807, 2.05) is 55.5 Å². The van der Waals surface area contributed by atoms with Crippen molar-refractivity contribution in [3.05, 3.63) is 60.2 Å². The minimum atomic E-state index is -0.0598. The van der Waals surface area contributed by atoms with Crippen molar-refractivity contribution in [1.29, 1.82) is 0 Å². The SMILES string of the molecule is COc1cccc(/C=C/C(=O)N2CC(C)Oc3ccccc32)c1. The summed E-state index contributed by atoms with van der Waals surface area (Å²) in [5.74, 6) is 1.45. The molecule has 0 N–H and O–H groups in total. The summed E-state index contributed by atoms with van der Waals surface area (Å²) in [5, 5.41) is 0. The number of nitrogens with zero attached hydrogens (tertiary/aromatic N) is 1. The number of hydrogen-bond acceptors (Lipinski definition) is 3. The van der Waals surface area contributed by atoms with E-state index in [0.717, 1.165) is 22.7 Å². The van der Waals surface area contributed by atoms with Gasteiger partial charge in [0, 0.05) is 6.08 Å². The van der Waals surface area contributed by atoms with Crippen molar-refractivity contribution in [1.82, 2.24) is 0 Å². The van der Waals surface area contributed by atoms with E-state index in [0.29, 0.717) is 6.54 Å². The van der Waals surface area contributed by atoms with Crippen LogP contribution in [0.1, 0.15) is 12.5 Å². The maximum atomic E-state index is 12.6. The molecule has 2 aromatic rings. The largest absolute Gasteiger partial charge is 0.497 e. The summed E-state index contributed by atoms with van der Waals surface area (Å²) in [7, 11) is 1.63. The summed E-state index contributed by atoms with van der Waals surface area (Å²) in [6.45, 7) is 2.50. The van der Waals surface area contributed by atoms with Crippen molar-refractivity contribution in [2.24, 2.45) is 0 Å². The first kappa shape index (κ1) is 15.2. The highest BCUT2D eigenvalue weighted by atomic mass is 16.5. The van der Waals surface area contributed by atoms with Crippen LogP contribution in [0.2, 0.25) is 0 Å². The molecule has 0 spiro atoms. The summed E-state index contributed by atoms with van der Waals surface area (Å²) in [6.07, 6.45) is 3.36. The van der Waals surface area contributed by atoms with E-state index in [-0.39, 0.29) is 12.0 Å². The van der Waals surface area contributed by atoms with Crippen LogP contribution >= 0.6 is 0 Å². The molecule has 0 fully saturated rings. The molecule has 0 radical (unpaired) electrons. The first-order valence-corrected chi connectivity index (χ1v) is 7.56. The minimum Gasteiger partial charge on any atom is -0.497 e. The zero-order chi connectivity index (χ0) is 16.2. The molecule has 23 heavy (non-hydrogen) atoms. The molecule has 0 saturated carbocycles. The van der Waals surface area contributed by atoms with Crippen LogP contribution in [0.25, 0.3) is 6.08 Å². The van der Waals surface area contributed by atoms with Gasteiger partial charge in [0.2, 0.25) is 0 Å². The van der Waals surface area contributed by atoms with E-state index in [1.54, 1.807) is 24.2 Å². The maximum Gasteiger partial charge on any atom is 0.251 e. The Balaban J connectivity index is 1.81. The number of hydrogen-bond donors (Lipinski definition) is 0. The van der Waals surface area contributed by atoms with E-state index >= 15 is 0 Å². The highest BCUT2D eigenvalue weighted by Crippen LogP contribution is 2.33. The molecule has 0 saturated heterocycles. The standard InChI is InChI=1S/C19H19NO3/c1-14-13-20(17-8-3-4-9-18(17)23-14)19(21)11-10-15-6-5-7-16(12-15)22-2/h3-12,14H,13H2,1-2H3/b11-10+.